The second kappa shape index (κ2) is 9.33. The molecule has 4 heteroatoms. The van der Waals surface area contributed by atoms with Crippen LogP contribution in [0.4, 0.5) is 0 Å². The standard InChI is InChI=1S/C22H33NO2Si/c1-20(24)25-18-22(13-9-6-10-14-22)15-16-23(19-26(2,3)4)17-21-11-7-5-8-12-21/h5,7-14H,6,15-19H2,1-4H3. The van der Waals surface area contributed by atoms with Crippen molar-refractivity contribution in [1.82, 2.24) is 4.90 Å². The molecule has 0 N–H and O–H groups in total. The Morgan fingerprint density at radius 2 is 1.81 bits per heavy atom. The molecule has 0 bridgehead atoms. The van der Waals surface area contributed by atoms with Crippen LogP contribution >= 0.6 is 0 Å². The van der Waals surface area contributed by atoms with E-state index in [9.17, 15) is 4.79 Å². The lowest BCUT2D eigenvalue weighted by Crippen LogP contribution is -2.42. The second-order valence-electron chi connectivity index (χ2n) is 8.56. The molecule has 1 aromatic carbocycles. The van der Waals surface area contributed by atoms with E-state index in [-0.39, 0.29) is 11.4 Å². The molecular weight excluding hydrogens is 338 g/mol. The number of hydrogen-bond donors (Lipinski definition) is 0. The maximum absolute atomic E-state index is 11.3. The number of carbonyl (C=O) groups excluding carboxylic acids is 1. The molecule has 0 spiro atoms. The minimum atomic E-state index is -1.22. The number of benzene rings is 1. The zero-order chi connectivity index (χ0) is 19.0. The van der Waals surface area contributed by atoms with E-state index in [1.54, 1.807) is 0 Å². The first-order valence-corrected chi connectivity index (χ1v) is 13.2. The van der Waals surface area contributed by atoms with Crippen molar-refractivity contribution < 1.29 is 9.53 Å². The van der Waals surface area contributed by atoms with Crippen molar-refractivity contribution in [1.29, 1.82) is 0 Å². The average Bonchev–Trinajstić information content (AvgIpc) is 2.59. The number of carbonyl (C=O) groups is 1. The van der Waals surface area contributed by atoms with Crippen LogP contribution in [0.15, 0.2) is 54.6 Å². The Morgan fingerprint density at radius 3 is 2.38 bits per heavy atom. The molecule has 142 valence electrons. The Hall–Kier alpha value is -1.65. The second-order valence-corrected chi connectivity index (χ2v) is 14.0. The Balaban J connectivity index is 2.07. The summed E-state index contributed by atoms with van der Waals surface area (Å²) in [4.78, 5) is 13.9. The van der Waals surface area contributed by atoms with Crippen molar-refractivity contribution in [3.8, 4) is 0 Å². The van der Waals surface area contributed by atoms with Crippen LogP contribution in [0.3, 0.4) is 0 Å². The monoisotopic (exact) mass is 371 g/mol. The van der Waals surface area contributed by atoms with Gasteiger partial charge in [0.25, 0.3) is 0 Å². The lowest BCUT2D eigenvalue weighted by molar-refractivity contribution is -0.143. The highest BCUT2D eigenvalue weighted by Gasteiger charge is 2.28. The van der Waals surface area contributed by atoms with Crippen LogP contribution in [0.2, 0.25) is 19.6 Å². The van der Waals surface area contributed by atoms with Gasteiger partial charge in [-0.25, -0.2) is 0 Å². The summed E-state index contributed by atoms with van der Waals surface area (Å²) < 4.78 is 5.38. The van der Waals surface area contributed by atoms with E-state index in [0.29, 0.717) is 6.61 Å². The molecule has 3 nitrogen and oxygen atoms in total. The molecule has 1 aliphatic carbocycles. The molecule has 0 saturated heterocycles. The molecule has 0 fully saturated rings. The number of ether oxygens (including phenoxy) is 1. The zero-order valence-electron chi connectivity index (χ0n) is 16.7. The van der Waals surface area contributed by atoms with Gasteiger partial charge >= 0.3 is 5.97 Å². The van der Waals surface area contributed by atoms with Crippen LogP contribution in [-0.4, -0.2) is 38.3 Å². The van der Waals surface area contributed by atoms with Gasteiger partial charge in [-0.15, -0.1) is 0 Å². The average molecular weight is 372 g/mol. The summed E-state index contributed by atoms with van der Waals surface area (Å²) in [5.41, 5.74) is 1.19. The number of nitrogens with zero attached hydrogens (tertiary/aromatic N) is 1. The predicted molar refractivity (Wildman–Crippen MR) is 112 cm³/mol. The normalized spacial score (nSPS) is 16.0. The fraction of sp³-hybridized carbons (Fsp3) is 0.500. The molecule has 26 heavy (non-hydrogen) atoms. The lowest BCUT2D eigenvalue weighted by Gasteiger charge is -2.34. The van der Waals surface area contributed by atoms with Gasteiger partial charge in [-0.05, 0) is 31.1 Å². The van der Waals surface area contributed by atoms with Gasteiger partial charge in [0.2, 0.25) is 0 Å². The van der Waals surface area contributed by atoms with E-state index in [1.165, 1.54) is 18.7 Å². The van der Waals surface area contributed by atoms with Crippen molar-refractivity contribution in [3.63, 3.8) is 0 Å². The fourth-order valence-electron chi connectivity index (χ4n) is 3.40. The third-order valence-corrected chi connectivity index (χ3v) is 5.95. The topological polar surface area (TPSA) is 29.5 Å². The van der Waals surface area contributed by atoms with E-state index in [1.807, 2.05) is 0 Å². The fourth-order valence-corrected chi connectivity index (χ4v) is 5.01. The van der Waals surface area contributed by atoms with Gasteiger partial charge in [-0.3, -0.25) is 4.79 Å². The first kappa shape index (κ1) is 20.7. The van der Waals surface area contributed by atoms with Gasteiger partial charge in [-0.1, -0.05) is 74.3 Å². The van der Waals surface area contributed by atoms with E-state index in [4.69, 9.17) is 4.74 Å². The predicted octanol–water partition coefficient (Wildman–Crippen LogP) is 4.82. The van der Waals surface area contributed by atoms with Crippen LogP contribution in [0, 0.1) is 5.41 Å². The highest BCUT2D eigenvalue weighted by Crippen LogP contribution is 2.31. The van der Waals surface area contributed by atoms with Gasteiger partial charge in [0, 0.05) is 18.9 Å². The van der Waals surface area contributed by atoms with Gasteiger partial charge in [-0.2, -0.15) is 0 Å². The summed E-state index contributed by atoms with van der Waals surface area (Å²) >= 11 is 0. The summed E-state index contributed by atoms with van der Waals surface area (Å²) in [5, 5.41) is 0. The maximum atomic E-state index is 11.3. The Kier molecular flexibility index (Phi) is 7.41. The number of rotatable bonds is 9. The smallest absolute Gasteiger partial charge is 0.302 e. The summed E-state index contributed by atoms with van der Waals surface area (Å²) in [5.74, 6) is -0.208. The molecule has 0 radical (unpaired) electrons. The number of allylic oxidation sites excluding steroid dienone is 2. The van der Waals surface area contributed by atoms with Crippen LogP contribution in [-0.2, 0) is 16.1 Å². The Bertz CT molecular complexity index is 619. The van der Waals surface area contributed by atoms with Crippen molar-refractivity contribution in [2.24, 2.45) is 5.41 Å². The molecule has 0 heterocycles. The van der Waals surface area contributed by atoms with E-state index in [2.05, 4.69) is 79.2 Å². The van der Waals surface area contributed by atoms with Gasteiger partial charge in [0.05, 0.1) is 8.07 Å². The molecule has 0 aromatic heterocycles. The largest absolute Gasteiger partial charge is 0.465 e. The van der Waals surface area contributed by atoms with Crippen LogP contribution in [0.1, 0.15) is 25.3 Å². The quantitative estimate of drug-likeness (QED) is 0.354. The summed E-state index contributed by atoms with van der Waals surface area (Å²) in [6.07, 6.45) is 11.9. The van der Waals surface area contributed by atoms with E-state index >= 15 is 0 Å². The Labute approximate surface area is 159 Å². The summed E-state index contributed by atoms with van der Waals surface area (Å²) in [6.45, 7) is 11.1. The molecule has 2 rings (SSSR count). The molecular formula is C22H33NO2Si. The van der Waals surface area contributed by atoms with Crippen LogP contribution in [0.25, 0.3) is 0 Å². The molecule has 0 atom stereocenters. The molecule has 0 aliphatic heterocycles. The summed E-state index contributed by atoms with van der Waals surface area (Å²) in [7, 11) is -1.22. The third-order valence-electron chi connectivity index (χ3n) is 4.56. The van der Waals surface area contributed by atoms with Gasteiger partial charge < -0.3 is 9.64 Å². The molecule has 1 aliphatic rings. The summed E-state index contributed by atoms with van der Waals surface area (Å²) in [6, 6.07) is 10.7. The molecule has 1 aromatic rings. The van der Waals surface area contributed by atoms with E-state index < -0.39 is 8.07 Å². The highest BCUT2D eigenvalue weighted by atomic mass is 28.3. The highest BCUT2D eigenvalue weighted by molar-refractivity contribution is 6.76. The van der Waals surface area contributed by atoms with Gasteiger partial charge in [0.1, 0.15) is 6.61 Å². The molecule has 0 saturated carbocycles. The molecule has 0 unspecified atom stereocenters. The van der Waals surface area contributed by atoms with E-state index in [0.717, 1.165) is 25.9 Å². The first-order chi connectivity index (χ1) is 12.3. The molecule has 0 amide bonds. The van der Waals surface area contributed by atoms with Gasteiger partial charge in [0.15, 0.2) is 0 Å². The lowest BCUT2D eigenvalue weighted by atomic mass is 9.81. The third kappa shape index (κ3) is 7.30. The SMILES string of the molecule is CC(=O)OCC1(CCN(Cc2ccccc2)C[Si](C)(C)C)C=CCC=C1. The van der Waals surface area contributed by atoms with Crippen LogP contribution < -0.4 is 0 Å². The van der Waals surface area contributed by atoms with Crippen LogP contribution in [0.5, 0.6) is 0 Å². The minimum absolute atomic E-state index is 0.168. The number of hydrogen-bond acceptors (Lipinski definition) is 3. The first-order valence-electron chi connectivity index (χ1n) is 9.53. The van der Waals surface area contributed by atoms with Crippen molar-refractivity contribution >= 4 is 14.0 Å². The Morgan fingerprint density at radius 1 is 1.15 bits per heavy atom. The van der Waals surface area contributed by atoms with Crippen molar-refractivity contribution in [2.75, 3.05) is 19.3 Å². The maximum Gasteiger partial charge on any atom is 0.302 e. The van der Waals surface area contributed by atoms with Crippen molar-refractivity contribution in [2.45, 2.75) is 46.0 Å². The number of esters is 1. The van der Waals surface area contributed by atoms with Crippen molar-refractivity contribution in [3.05, 3.63) is 60.2 Å². The minimum Gasteiger partial charge on any atom is -0.465 e. The zero-order valence-corrected chi connectivity index (χ0v) is 17.7.